The van der Waals surface area contributed by atoms with Crippen LogP contribution >= 0.6 is 11.8 Å². The largest absolute Gasteiger partial charge is 0.162 e. The van der Waals surface area contributed by atoms with Gasteiger partial charge < -0.3 is 0 Å². The summed E-state index contributed by atoms with van der Waals surface area (Å²) in [6.07, 6.45) is 2.92. The summed E-state index contributed by atoms with van der Waals surface area (Å²) < 4.78 is 0. The maximum Gasteiger partial charge on any atom is -0.00418 e. The van der Waals surface area contributed by atoms with E-state index in [4.69, 9.17) is 0 Å². The molecule has 0 unspecified atom stereocenters. The Labute approximate surface area is 49.7 Å². The molecule has 0 saturated carbocycles. The number of hydrogen-bond acceptors (Lipinski definition) is 1. The molecule has 0 aromatic carbocycles. The Balaban J connectivity index is 2.12. The van der Waals surface area contributed by atoms with Crippen molar-refractivity contribution in [3.05, 3.63) is 0 Å². The van der Waals surface area contributed by atoms with E-state index in [0.717, 1.165) is 5.92 Å². The van der Waals surface area contributed by atoms with Gasteiger partial charge in [0, 0.05) is 0 Å². The molecule has 42 valence electrons. The summed E-state index contributed by atoms with van der Waals surface area (Å²) in [6.45, 7) is 2.34. The molecule has 0 radical (unpaired) electrons. The fourth-order valence-corrected chi connectivity index (χ4v) is 2.01. The summed E-state index contributed by atoms with van der Waals surface area (Å²) in [4.78, 5) is 0. The number of hydrogen-bond donors (Lipinski definition) is 0. The summed E-state index contributed by atoms with van der Waals surface area (Å²) in [5.41, 5.74) is 0. The molecule has 1 saturated heterocycles. The predicted molar refractivity (Wildman–Crippen MR) is 35.7 cm³/mol. The smallest absolute Gasteiger partial charge is 0.00418 e. The topological polar surface area (TPSA) is 0 Å². The SMILES string of the molecule is C[C@H]1CCCSC1. The fraction of sp³-hybridized carbons (Fsp3) is 1.00. The number of thioether (sulfide) groups is 1. The van der Waals surface area contributed by atoms with Gasteiger partial charge in [-0.3, -0.25) is 0 Å². The average molecular weight is 116 g/mol. The van der Waals surface area contributed by atoms with Crippen molar-refractivity contribution in [1.82, 2.24) is 0 Å². The third-order valence-corrected chi connectivity index (χ3v) is 2.77. The van der Waals surface area contributed by atoms with E-state index in [2.05, 4.69) is 18.7 Å². The third kappa shape index (κ3) is 1.72. The molecule has 1 aliphatic rings. The molecule has 1 fully saturated rings. The molecule has 1 aliphatic heterocycles. The first-order valence-electron chi connectivity index (χ1n) is 2.97. The molecule has 0 aliphatic carbocycles. The maximum atomic E-state index is 2.34. The van der Waals surface area contributed by atoms with Crippen LogP contribution in [0.25, 0.3) is 0 Å². The van der Waals surface area contributed by atoms with Gasteiger partial charge in [0.15, 0.2) is 0 Å². The molecule has 0 N–H and O–H groups in total. The summed E-state index contributed by atoms with van der Waals surface area (Å²) in [5, 5.41) is 0. The van der Waals surface area contributed by atoms with Gasteiger partial charge in [0.25, 0.3) is 0 Å². The van der Waals surface area contributed by atoms with Crippen LogP contribution < -0.4 is 0 Å². The third-order valence-electron chi connectivity index (χ3n) is 1.39. The van der Waals surface area contributed by atoms with Crippen LogP contribution in [0.1, 0.15) is 19.8 Å². The highest BCUT2D eigenvalue weighted by molar-refractivity contribution is 7.99. The summed E-state index contributed by atoms with van der Waals surface area (Å²) in [5.74, 6) is 3.81. The second kappa shape index (κ2) is 2.61. The van der Waals surface area contributed by atoms with Gasteiger partial charge in [-0.2, -0.15) is 11.8 Å². The Morgan fingerprint density at radius 3 is 2.71 bits per heavy atom. The molecule has 0 aromatic heterocycles. The van der Waals surface area contributed by atoms with Crippen LogP contribution in [0.5, 0.6) is 0 Å². The fourth-order valence-electron chi connectivity index (χ4n) is 0.902. The van der Waals surface area contributed by atoms with Crippen LogP contribution in [0, 0.1) is 5.92 Å². The van der Waals surface area contributed by atoms with Gasteiger partial charge >= 0.3 is 0 Å². The van der Waals surface area contributed by atoms with Crippen LogP contribution in [-0.2, 0) is 0 Å². The van der Waals surface area contributed by atoms with Crippen LogP contribution in [-0.4, -0.2) is 11.5 Å². The lowest BCUT2D eigenvalue weighted by Crippen LogP contribution is -2.04. The van der Waals surface area contributed by atoms with Crippen molar-refractivity contribution in [1.29, 1.82) is 0 Å². The normalized spacial score (nSPS) is 33.0. The van der Waals surface area contributed by atoms with E-state index in [1.165, 1.54) is 24.3 Å². The highest BCUT2D eigenvalue weighted by Gasteiger charge is 2.06. The standard InChI is InChI=1S/C6H12S/c1-6-3-2-4-7-5-6/h6H,2-5H2,1H3/t6-/m0/s1. The van der Waals surface area contributed by atoms with Gasteiger partial charge in [-0.05, 0) is 30.3 Å². The van der Waals surface area contributed by atoms with E-state index in [1.54, 1.807) is 0 Å². The minimum Gasteiger partial charge on any atom is -0.162 e. The van der Waals surface area contributed by atoms with E-state index in [1.807, 2.05) is 0 Å². The Bertz CT molecular complexity index is 46.1. The Morgan fingerprint density at radius 2 is 2.43 bits per heavy atom. The lowest BCUT2D eigenvalue weighted by Gasteiger charge is -2.15. The van der Waals surface area contributed by atoms with Crippen molar-refractivity contribution in [3.63, 3.8) is 0 Å². The van der Waals surface area contributed by atoms with E-state index < -0.39 is 0 Å². The second-order valence-electron chi connectivity index (χ2n) is 2.32. The van der Waals surface area contributed by atoms with Gasteiger partial charge in [-0.1, -0.05) is 6.92 Å². The maximum absolute atomic E-state index is 2.34. The quantitative estimate of drug-likeness (QED) is 0.467. The lowest BCUT2D eigenvalue weighted by molar-refractivity contribution is 0.573. The molecule has 0 nitrogen and oxygen atoms in total. The van der Waals surface area contributed by atoms with E-state index in [9.17, 15) is 0 Å². The second-order valence-corrected chi connectivity index (χ2v) is 3.47. The molecule has 0 aromatic rings. The molecule has 1 heteroatoms. The van der Waals surface area contributed by atoms with Crippen molar-refractivity contribution in [2.75, 3.05) is 11.5 Å². The zero-order valence-corrected chi connectivity index (χ0v) is 5.63. The van der Waals surface area contributed by atoms with Crippen molar-refractivity contribution >= 4 is 11.8 Å². The summed E-state index contributed by atoms with van der Waals surface area (Å²) in [6, 6.07) is 0. The van der Waals surface area contributed by atoms with Crippen molar-refractivity contribution in [3.8, 4) is 0 Å². The molecule has 7 heavy (non-hydrogen) atoms. The molecular weight excluding hydrogens is 104 g/mol. The molecule has 0 bridgehead atoms. The zero-order valence-electron chi connectivity index (χ0n) is 4.81. The van der Waals surface area contributed by atoms with Crippen molar-refractivity contribution in [2.45, 2.75) is 19.8 Å². The first kappa shape index (κ1) is 5.49. The molecular formula is C6H12S. The van der Waals surface area contributed by atoms with Gasteiger partial charge in [-0.25, -0.2) is 0 Å². The minimum absolute atomic E-state index is 0.999. The zero-order chi connectivity index (χ0) is 5.11. The van der Waals surface area contributed by atoms with Gasteiger partial charge in [0.05, 0.1) is 0 Å². The van der Waals surface area contributed by atoms with E-state index in [-0.39, 0.29) is 0 Å². The first-order chi connectivity index (χ1) is 3.39. The Morgan fingerprint density at radius 1 is 1.57 bits per heavy atom. The lowest BCUT2D eigenvalue weighted by atomic mass is 10.1. The first-order valence-corrected chi connectivity index (χ1v) is 4.13. The van der Waals surface area contributed by atoms with Gasteiger partial charge in [0.1, 0.15) is 0 Å². The summed E-state index contributed by atoms with van der Waals surface area (Å²) in [7, 11) is 0. The molecule has 0 spiro atoms. The average Bonchev–Trinajstić information content (AvgIpc) is 1.69. The Kier molecular flexibility index (Phi) is 2.04. The molecule has 1 atom stereocenters. The molecule has 0 amide bonds. The van der Waals surface area contributed by atoms with Crippen molar-refractivity contribution < 1.29 is 0 Å². The van der Waals surface area contributed by atoms with Crippen molar-refractivity contribution in [2.24, 2.45) is 5.92 Å². The number of rotatable bonds is 0. The van der Waals surface area contributed by atoms with Crippen LogP contribution in [0.2, 0.25) is 0 Å². The molecule has 1 heterocycles. The highest BCUT2D eigenvalue weighted by atomic mass is 32.2. The van der Waals surface area contributed by atoms with Crippen LogP contribution in [0.3, 0.4) is 0 Å². The van der Waals surface area contributed by atoms with Crippen LogP contribution in [0.4, 0.5) is 0 Å². The van der Waals surface area contributed by atoms with Gasteiger partial charge in [-0.15, -0.1) is 0 Å². The monoisotopic (exact) mass is 116 g/mol. The predicted octanol–water partition coefficient (Wildman–Crippen LogP) is 2.15. The van der Waals surface area contributed by atoms with E-state index in [0.29, 0.717) is 0 Å². The van der Waals surface area contributed by atoms with Gasteiger partial charge in [0.2, 0.25) is 0 Å². The highest BCUT2D eigenvalue weighted by Crippen LogP contribution is 2.21. The minimum atomic E-state index is 0.999. The van der Waals surface area contributed by atoms with E-state index >= 15 is 0 Å². The summed E-state index contributed by atoms with van der Waals surface area (Å²) >= 11 is 2.10. The molecule has 1 rings (SSSR count). The van der Waals surface area contributed by atoms with Crippen LogP contribution in [0.15, 0.2) is 0 Å². The Hall–Kier alpha value is 0.350.